The number of benzene rings is 1. The highest BCUT2D eigenvalue weighted by atomic mass is 35.5. The average molecular weight is 292 g/mol. The Morgan fingerprint density at radius 1 is 1.45 bits per heavy atom. The molecule has 0 atom stereocenters. The van der Waals surface area contributed by atoms with Crippen molar-refractivity contribution in [1.29, 1.82) is 5.26 Å². The van der Waals surface area contributed by atoms with Gasteiger partial charge in [0.05, 0.1) is 12.3 Å². The van der Waals surface area contributed by atoms with Crippen molar-refractivity contribution < 1.29 is 5.11 Å². The smallest absolute Gasteiger partial charge is 0.207 e. The minimum Gasteiger partial charge on any atom is -0.395 e. The second kappa shape index (κ2) is 6.37. The number of nitriles is 1. The Kier molecular flexibility index (Phi) is 4.56. The van der Waals surface area contributed by atoms with E-state index in [1.807, 2.05) is 13.0 Å². The largest absolute Gasteiger partial charge is 0.395 e. The third kappa shape index (κ3) is 2.90. The predicted molar refractivity (Wildman–Crippen MR) is 76.1 cm³/mol. The lowest BCUT2D eigenvalue weighted by Gasteiger charge is -2.18. The summed E-state index contributed by atoms with van der Waals surface area (Å²) in [7, 11) is 0. The minimum atomic E-state index is -0.0112. The summed E-state index contributed by atoms with van der Waals surface area (Å²) in [5.41, 5.74) is 0.903. The SMILES string of the molecule is CCN(CCO)c1nn(-c2cccc(Cl)c2)nc1C#N. The Hall–Kier alpha value is -2.10. The van der Waals surface area contributed by atoms with Gasteiger partial charge in [0.25, 0.3) is 0 Å². The zero-order valence-corrected chi connectivity index (χ0v) is 11.7. The second-order valence-electron chi connectivity index (χ2n) is 4.06. The van der Waals surface area contributed by atoms with Crippen molar-refractivity contribution in [2.75, 3.05) is 24.6 Å². The summed E-state index contributed by atoms with van der Waals surface area (Å²) < 4.78 is 0. The molecule has 2 aromatic rings. The van der Waals surface area contributed by atoms with Gasteiger partial charge in [0.15, 0.2) is 5.82 Å². The first kappa shape index (κ1) is 14.3. The predicted octanol–water partition coefficient (Wildman–Crippen LogP) is 1.61. The van der Waals surface area contributed by atoms with E-state index < -0.39 is 0 Å². The third-order valence-corrected chi connectivity index (χ3v) is 3.03. The first-order valence-electron chi connectivity index (χ1n) is 6.18. The van der Waals surface area contributed by atoms with Gasteiger partial charge in [-0.15, -0.1) is 15.0 Å². The number of aromatic nitrogens is 3. The van der Waals surface area contributed by atoms with Crippen molar-refractivity contribution in [3.05, 3.63) is 35.0 Å². The van der Waals surface area contributed by atoms with Gasteiger partial charge in [0.2, 0.25) is 5.69 Å². The maximum absolute atomic E-state index is 9.16. The van der Waals surface area contributed by atoms with Crippen LogP contribution in [0.1, 0.15) is 12.6 Å². The lowest BCUT2D eigenvalue weighted by molar-refractivity contribution is 0.302. The molecule has 1 aromatic carbocycles. The molecule has 0 aliphatic rings. The molecule has 1 N–H and O–H groups in total. The fourth-order valence-electron chi connectivity index (χ4n) is 1.83. The van der Waals surface area contributed by atoms with Gasteiger partial charge in [0.1, 0.15) is 6.07 Å². The summed E-state index contributed by atoms with van der Waals surface area (Å²) in [6.07, 6.45) is 0. The molecule has 0 fully saturated rings. The van der Waals surface area contributed by atoms with Crippen molar-refractivity contribution in [3.8, 4) is 11.8 Å². The van der Waals surface area contributed by atoms with Gasteiger partial charge in [-0.3, -0.25) is 0 Å². The Morgan fingerprint density at radius 3 is 2.85 bits per heavy atom. The van der Waals surface area contributed by atoms with Gasteiger partial charge < -0.3 is 10.0 Å². The maximum Gasteiger partial charge on any atom is 0.207 e. The normalized spacial score (nSPS) is 10.3. The quantitative estimate of drug-likeness (QED) is 0.905. The fourth-order valence-corrected chi connectivity index (χ4v) is 2.02. The van der Waals surface area contributed by atoms with Crippen LogP contribution in [0, 0.1) is 11.3 Å². The number of rotatable bonds is 5. The summed E-state index contributed by atoms with van der Waals surface area (Å²) in [6, 6.07) is 9.09. The lowest BCUT2D eigenvalue weighted by atomic mass is 10.3. The Labute approximate surface area is 121 Å². The standard InChI is InChI=1S/C13H14ClN5O/c1-2-18(6-7-20)13-12(9-15)16-19(17-13)11-5-3-4-10(14)8-11/h3-5,8,20H,2,6-7H2,1H3. The number of nitrogens with zero attached hydrogens (tertiary/aromatic N) is 5. The molecule has 0 spiro atoms. The highest BCUT2D eigenvalue weighted by molar-refractivity contribution is 6.30. The van der Waals surface area contributed by atoms with Crippen molar-refractivity contribution in [2.24, 2.45) is 0 Å². The van der Waals surface area contributed by atoms with Gasteiger partial charge >= 0.3 is 0 Å². The van der Waals surface area contributed by atoms with Gasteiger partial charge in [-0.05, 0) is 25.1 Å². The molecule has 0 saturated heterocycles. The average Bonchev–Trinajstić information content (AvgIpc) is 2.89. The first-order chi connectivity index (χ1) is 9.69. The van der Waals surface area contributed by atoms with Crippen LogP contribution in [-0.2, 0) is 0 Å². The molecular formula is C13H14ClN5O. The number of hydrogen-bond donors (Lipinski definition) is 1. The van der Waals surface area contributed by atoms with Crippen molar-refractivity contribution >= 4 is 17.4 Å². The highest BCUT2D eigenvalue weighted by Gasteiger charge is 2.17. The zero-order valence-electron chi connectivity index (χ0n) is 11.0. The van der Waals surface area contributed by atoms with Crippen LogP contribution in [0.3, 0.4) is 0 Å². The maximum atomic E-state index is 9.16. The highest BCUT2D eigenvalue weighted by Crippen LogP contribution is 2.19. The van der Waals surface area contributed by atoms with E-state index in [-0.39, 0.29) is 12.3 Å². The molecule has 6 nitrogen and oxygen atoms in total. The lowest BCUT2D eigenvalue weighted by Crippen LogP contribution is -2.27. The third-order valence-electron chi connectivity index (χ3n) is 2.79. The van der Waals surface area contributed by atoms with E-state index in [1.54, 1.807) is 29.2 Å². The van der Waals surface area contributed by atoms with Crippen molar-refractivity contribution in [3.63, 3.8) is 0 Å². The summed E-state index contributed by atoms with van der Waals surface area (Å²) in [6.45, 7) is 2.95. The zero-order chi connectivity index (χ0) is 14.5. The topological polar surface area (TPSA) is 78.0 Å². The van der Waals surface area contributed by atoms with Crippen LogP contribution in [0.25, 0.3) is 5.69 Å². The summed E-state index contributed by atoms with van der Waals surface area (Å²) >= 11 is 5.94. The Bertz CT molecular complexity index is 634. The molecule has 1 heterocycles. The van der Waals surface area contributed by atoms with Crippen LogP contribution in [0.5, 0.6) is 0 Å². The van der Waals surface area contributed by atoms with E-state index in [4.69, 9.17) is 22.0 Å². The van der Waals surface area contributed by atoms with Gasteiger partial charge in [-0.2, -0.15) is 5.26 Å². The minimum absolute atomic E-state index is 0.0112. The van der Waals surface area contributed by atoms with E-state index in [2.05, 4.69) is 10.2 Å². The summed E-state index contributed by atoms with van der Waals surface area (Å²) in [4.78, 5) is 3.17. The number of aliphatic hydroxyl groups is 1. The monoisotopic (exact) mass is 291 g/mol. The molecule has 0 bridgehead atoms. The molecule has 0 amide bonds. The number of likely N-dealkylation sites (N-methyl/N-ethyl adjacent to an activating group) is 1. The molecule has 0 unspecified atom stereocenters. The molecule has 0 saturated carbocycles. The van der Waals surface area contributed by atoms with E-state index in [0.717, 1.165) is 0 Å². The second-order valence-corrected chi connectivity index (χ2v) is 4.49. The van der Waals surface area contributed by atoms with Crippen LogP contribution in [0.2, 0.25) is 5.02 Å². The first-order valence-corrected chi connectivity index (χ1v) is 6.56. The number of anilines is 1. The molecule has 0 aliphatic carbocycles. The van der Waals surface area contributed by atoms with E-state index >= 15 is 0 Å². The molecule has 0 aliphatic heterocycles. The molecule has 2 rings (SSSR count). The summed E-state index contributed by atoms with van der Waals surface area (Å²) in [5.74, 6) is 0.462. The van der Waals surface area contributed by atoms with E-state index in [1.165, 1.54) is 4.80 Å². The molecule has 20 heavy (non-hydrogen) atoms. The number of halogens is 1. The van der Waals surface area contributed by atoms with Crippen molar-refractivity contribution in [1.82, 2.24) is 15.0 Å². The molecule has 104 valence electrons. The van der Waals surface area contributed by atoms with Crippen LogP contribution < -0.4 is 4.90 Å². The van der Waals surface area contributed by atoms with E-state index in [0.29, 0.717) is 29.6 Å². The van der Waals surface area contributed by atoms with Crippen molar-refractivity contribution in [2.45, 2.75) is 6.92 Å². The molecule has 7 heteroatoms. The van der Waals surface area contributed by atoms with Gasteiger partial charge in [-0.1, -0.05) is 17.7 Å². The van der Waals surface area contributed by atoms with Crippen LogP contribution >= 0.6 is 11.6 Å². The molecular weight excluding hydrogens is 278 g/mol. The van der Waals surface area contributed by atoms with Gasteiger partial charge in [0, 0.05) is 18.1 Å². The Morgan fingerprint density at radius 2 is 2.25 bits per heavy atom. The summed E-state index contributed by atoms with van der Waals surface area (Å²) in [5, 5.41) is 27.3. The van der Waals surface area contributed by atoms with Crippen LogP contribution in [-0.4, -0.2) is 39.8 Å². The number of hydrogen-bond acceptors (Lipinski definition) is 5. The van der Waals surface area contributed by atoms with Crippen LogP contribution in [0.15, 0.2) is 24.3 Å². The number of aliphatic hydroxyl groups excluding tert-OH is 1. The molecule has 0 radical (unpaired) electrons. The van der Waals surface area contributed by atoms with Crippen LogP contribution in [0.4, 0.5) is 5.82 Å². The van der Waals surface area contributed by atoms with Gasteiger partial charge in [-0.25, -0.2) is 0 Å². The molecule has 1 aromatic heterocycles. The Balaban J connectivity index is 2.43. The fraction of sp³-hybridized carbons (Fsp3) is 0.308. The van der Waals surface area contributed by atoms with E-state index in [9.17, 15) is 0 Å².